The number of hydrogen-bond donors (Lipinski definition) is 1. The maximum absolute atomic E-state index is 12.2. The predicted molar refractivity (Wildman–Crippen MR) is 74.8 cm³/mol. The van der Waals surface area contributed by atoms with Crippen LogP contribution in [-0.4, -0.2) is 35.6 Å². The maximum atomic E-state index is 12.2. The molecule has 1 N–H and O–H groups in total. The van der Waals surface area contributed by atoms with Crippen LogP contribution >= 0.6 is 27.5 Å². The normalized spacial score (nSPS) is 16.4. The van der Waals surface area contributed by atoms with E-state index in [1.807, 2.05) is 0 Å². The molecule has 1 fully saturated rings. The highest BCUT2D eigenvalue weighted by molar-refractivity contribution is 9.10. The number of amides is 1. The van der Waals surface area contributed by atoms with Gasteiger partial charge in [-0.3, -0.25) is 4.79 Å². The Morgan fingerprint density at radius 2 is 2.28 bits per heavy atom. The van der Waals surface area contributed by atoms with Crippen LogP contribution in [0.2, 0.25) is 5.02 Å². The van der Waals surface area contributed by atoms with Crippen LogP contribution in [0.3, 0.4) is 0 Å². The van der Waals surface area contributed by atoms with Gasteiger partial charge in [0.1, 0.15) is 0 Å². The van der Waals surface area contributed by atoms with Crippen molar-refractivity contribution < 1.29 is 9.90 Å². The van der Waals surface area contributed by atoms with Crippen molar-refractivity contribution >= 4 is 33.4 Å². The van der Waals surface area contributed by atoms with Gasteiger partial charge in [0.15, 0.2) is 0 Å². The molecule has 1 aliphatic carbocycles. The predicted octanol–water partition coefficient (Wildman–Crippen LogP) is 2.95. The zero-order valence-electron chi connectivity index (χ0n) is 10.1. The second kappa shape index (κ2) is 5.59. The van der Waals surface area contributed by atoms with Crippen LogP contribution in [0.15, 0.2) is 22.7 Å². The molecule has 0 bridgehead atoms. The van der Waals surface area contributed by atoms with E-state index in [1.165, 1.54) is 4.90 Å². The summed E-state index contributed by atoms with van der Waals surface area (Å²) in [6.45, 7) is 0.354. The Morgan fingerprint density at radius 1 is 1.61 bits per heavy atom. The quantitative estimate of drug-likeness (QED) is 0.921. The number of likely N-dealkylation sites (N-methyl/N-ethyl adjacent to an activating group) is 1. The smallest absolute Gasteiger partial charge is 0.255 e. The first-order valence-electron chi connectivity index (χ1n) is 5.88. The molecule has 3 nitrogen and oxygen atoms in total. The Bertz CT molecular complexity index is 462. The Labute approximate surface area is 120 Å². The highest BCUT2D eigenvalue weighted by Crippen LogP contribution is 2.33. The topological polar surface area (TPSA) is 40.5 Å². The molecular weight excluding hydrogens is 318 g/mol. The van der Waals surface area contributed by atoms with Crippen LogP contribution in [0.4, 0.5) is 0 Å². The molecule has 1 amide bonds. The van der Waals surface area contributed by atoms with Gasteiger partial charge in [-0.1, -0.05) is 17.7 Å². The van der Waals surface area contributed by atoms with Crippen molar-refractivity contribution in [1.82, 2.24) is 4.90 Å². The molecular formula is C13H15BrClNO2. The van der Waals surface area contributed by atoms with Gasteiger partial charge in [0.2, 0.25) is 0 Å². The number of aliphatic hydroxyl groups excluding tert-OH is 1. The summed E-state index contributed by atoms with van der Waals surface area (Å²) in [5.41, 5.74) is 0.455. The summed E-state index contributed by atoms with van der Waals surface area (Å²) in [5.74, 6) is 0.194. The van der Waals surface area contributed by atoms with Crippen molar-refractivity contribution in [3.63, 3.8) is 0 Å². The van der Waals surface area contributed by atoms with Gasteiger partial charge in [0, 0.05) is 18.1 Å². The second-order valence-electron chi connectivity index (χ2n) is 4.69. The molecule has 0 radical (unpaired) electrons. The fraction of sp³-hybridized carbons (Fsp3) is 0.462. The monoisotopic (exact) mass is 331 g/mol. The summed E-state index contributed by atoms with van der Waals surface area (Å²) in [5, 5.41) is 10.3. The minimum Gasteiger partial charge on any atom is -0.391 e. The Morgan fingerprint density at radius 3 is 2.89 bits per heavy atom. The maximum Gasteiger partial charge on any atom is 0.255 e. The first-order chi connectivity index (χ1) is 8.50. The van der Waals surface area contributed by atoms with Gasteiger partial charge < -0.3 is 10.0 Å². The van der Waals surface area contributed by atoms with E-state index in [4.69, 9.17) is 11.6 Å². The third-order valence-corrected chi connectivity index (χ3v) is 4.45. The number of rotatable bonds is 4. The first kappa shape index (κ1) is 13.8. The van der Waals surface area contributed by atoms with E-state index in [0.717, 1.165) is 12.8 Å². The summed E-state index contributed by atoms with van der Waals surface area (Å²) in [4.78, 5) is 13.7. The van der Waals surface area contributed by atoms with Gasteiger partial charge in [-0.25, -0.2) is 0 Å². The third kappa shape index (κ3) is 3.05. The van der Waals surface area contributed by atoms with Gasteiger partial charge in [-0.2, -0.15) is 0 Å². The number of hydrogen-bond acceptors (Lipinski definition) is 2. The largest absolute Gasteiger partial charge is 0.391 e. The van der Waals surface area contributed by atoms with Gasteiger partial charge in [-0.15, -0.1) is 0 Å². The second-order valence-corrected chi connectivity index (χ2v) is 5.92. The molecule has 0 saturated heterocycles. The van der Waals surface area contributed by atoms with Crippen molar-refractivity contribution in [2.75, 3.05) is 13.6 Å². The Kier molecular flexibility index (Phi) is 4.30. The summed E-state index contributed by atoms with van der Waals surface area (Å²) in [6.07, 6.45) is 1.69. The first-order valence-corrected chi connectivity index (χ1v) is 7.05. The standard InChI is InChI=1S/C13H15BrClNO2/c1-16(7-11(17)8-5-6-8)13(18)9-3-2-4-10(14)12(9)15/h2-4,8,11,17H,5-7H2,1H3. The molecule has 0 heterocycles. The number of aliphatic hydroxyl groups is 1. The molecule has 2 rings (SSSR count). The third-order valence-electron chi connectivity index (χ3n) is 3.16. The average Bonchev–Trinajstić information content (AvgIpc) is 3.15. The summed E-state index contributed by atoms with van der Waals surface area (Å²) < 4.78 is 0.700. The van der Waals surface area contributed by atoms with E-state index >= 15 is 0 Å². The Balaban J connectivity index is 2.07. The summed E-state index contributed by atoms with van der Waals surface area (Å²) in [7, 11) is 1.69. The lowest BCUT2D eigenvalue weighted by atomic mass is 10.1. The molecule has 1 unspecified atom stereocenters. The van der Waals surface area contributed by atoms with Crippen LogP contribution in [0.1, 0.15) is 23.2 Å². The van der Waals surface area contributed by atoms with Crippen molar-refractivity contribution in [3.05, 3.63) is 33.3 Å². The molecule has 1 atom stereocenters. The van der Waals surface area contributed by atoms with Crippen molar-refractivity contribution in [2.45, 2.75) is 18.9 Å². The molecule has 1 aliphatic rings. The summed E-state index contributed by atoms with van der Waals surface area (Å²) >= 11 is 9.38. The molecule has 0 spiro atoms. The number of halogens is 2. The molecule has 1 saturated carbocycles. The number of benzene rings is 1. The van der Waals surface area contributed by atoms with Gasteiger partial charge in [0.25, 0.3) is 5.91 Å². The molecule has 0 aliphatic heterocycles. The highest BCUT2D eigenvalue weighted by atomic mass is 79.9. The van der Waals surface area contributed by atoms with Crippen LogP contribution in [0, 0.1) is 5.92 Å². The van der Waals surface area contributed by atoms with E-state index in [0.29, 0.717) is 27.5 Å². The fourth-order valence-corrected chi connectivity index (χ4v) is 2.44. The van der Waals surface area contributed by atoms with Crippen molar-refractivity contribution in [3.8, 4) is 0 Å². The average molecular weight is 333 g/mol. The lowest BCUT2D eigenvalue weighted by Gasteiger charge is -2.21. The molecule has 18 heavy (non-hydrogen) atoms. The number of carbonyl (C=O) groups is 1. The van der Waals surface area contributed by atoms with E-state index in [-0.39, 0.29) is 5.91 Å². The minimum atomic E-state index is -0.426. The molecule has 98 valence electrons. The van der Waals surface area contributed by atoms with Crippen LogP contribution < -0.4 is 0 Å². The fourth-order valence-electron chi connectivity index (χ4n) is 1.87. The van der Waals surface area contributed by atoms with Crippen LogP contribution in [0.5, 0.6) is 0 Å². The zero-order chi connectivity index (χ0) is 13.3. The molecule has 0 aromatic heterocycles. The summed E-state index contributed by atoms with van der Waals surface area (Å²) in [6, 6.07) is 5.25. The SMILES string of the molecule is CN(CC(O)C1CC1)C(=O)c1cccc(Br)c1Cl. The lowest BCUT2D eigenvalue weighted by Crippen LogP contribution is -2.35. The lowest BCUT2D eigenvalue weighted by molar-refractivity contribution is 0.0645. The van der Waals surface area contributed by atoms with Gasteiger partial charge in [-0.05, 0) is 46.8 Å². The van der Waals surface area contributed by atoms with E-state index in [2.05, 4.69) is 15.9 Å². The molecule has 1 aromatic rings. The van der Waals surface area contributed by atoms with Crippen molar-refractivity contribution in [2.24, 2.45) is 5.92 Å². The number of carbonyl (C=O) groups excluding carboxylic acids is 1. The van der Waals surface area contributed by atoms with E-state index in [9.17, 15) is 9.90 Å². The minimum absolute atomic E-state index is 0.166. The van der Waals surface area contributed by atoms with E-state index < -0.39 is 6.10 Å². The molecule has 5 heteroatoms. The Hall–Kier alpha value is -0.580. The highest BCUT2D eigenvalue weighted by Gasteiger charge is 2.31. The van der Waals surface area contributed by atoms with Crippen LogP contribution in [0.25, 0.3) is 0 Å². The van der Waals surface area contributed by atoms with Crippen LogP contribution in [-0.2, 0) is 0 Å². The van der Waals surface area contributed by atoms with Crippen molar-refractivity contribution in [1.29, 1.82) is 0 Å². The zero-order valence-corrected chi connectivity index (χ0v) is 12.4. The number of nitrogens with zero attached hydrogens (tertiary/aromatic N) is 1. The van der Waals surface area contributed by atoms with E-state index in [1.54, 1.807) is 25.2 Å². The van der Waals surface area contributed by atoms with Gasteiger partial charge in [0.05, 0.1) is 16.7 Å². The molecule has 1 aromatic carbocycles. The van der Waals surface area contributed by atoms with Gasteiger partial charge >= 0.3 is 0 Å².